The molecule has 1 heterocycles. The summed E-state index contributed by atoms with van der Waals surface area (Å²) >= 11 is 0. The molecule has 0 aromatic heterocycles. The molecule has 0 N–H and O–H groups in total. The van der Waals surface area contributed by atoms with Crippen molar-refractivity contribution >= 4 is 17.7 Å². The highest BCUT2D eigenvalue weighted by atomic mass is 16.2. The SMILES string of the molecule is C/C=C(\C=C/CC)C(=O)CN1C(=O)N(C)C(C)(CCc2ccccc2)C1=O. The highest BCUT2D eigenvalue weighted by Crippen LogP contribution is 2.31. The van der Waals surface area contributed by atoms with Gasteiger partial charge in [-0.1, -0.05) is 55.5 Å². The van der Waals surface area contributed by atoms with Crippen LogP contribution in [0, 0.1) is 0 Å². The number of carbonyl (C=O) groups is 3. The molecule has 1 saturated heterocycles. The number of imide groups is 1. The summed E-state index contributed by atoms with van der Waals surface area (Å²) in [6.45, 7) is 5.30. The average molecular weight is 368 g/mol. The lowest BCUT2D eigenvalue weighted by molar-refractivity contribution is -0.134. The highest BCUT2D eigenvalue weighted by molar-refractivity contribution is 6.11. The summed E-state index contributed by atoms with van der Waals surface area (Å²) < 4.78 is 0. The lowest BCUT2D eigenvalue weighted by Crippen LogP contribution is -2.45. The third-order valence-corrected chi connectivity index (χ3v) is 5.18. The van der Waals surface area contributed by atoms with Crippen LogP contribution in [0.4, 0.5) is 4.79 Å². The molecule has 2 rings (SSSR count). The number of hydrogen-bond donors (Lipinski definition) is 0. The minimum Gasteiger partial charge on any atom is -0.313 e. The van der Waals surface area contributed by atoms with Crippen LogP contribution in [0.5, 0.6) is 0 Å². The Morgan fingerprint density at radius 3 is 2.44 bits per heavy atom. The van der Waals surface area contributed by atoms with Crippen LogP contribution in [0.1, 0.15) is 39.2 Å². The van der Waals surface area contributed by atoms with Gasteiger partial charge in [-0.25, -0.2) is 4.79 Å². The van der Waals surface area contributed by atoms with E-state index in [2.05, 4.69) is 0 Å². The molecule has 1 aliphatic rings. The summed E-state index contributed by atoms with van der Waals surface area (Å²) in [7, 11) is 1.63. The number of benzene rings is 1. The molecule has 0 spiro atoms. The maximum atomic E-state index is 13.0. The Kier molecular flexibility index (Phi) is 6.72. The summed E-state index contributed by atoms with van der Waals surface area (Å²) in [5.74, 6) is -0.543. The molecule has 1 aliphatic heterocycles. The van der Waals surface area contributed by atoms with Gasteiger partial charge in [-0.05, 0) is 38.7 Å². The molecule has 1 aromatic carbocycles. The number of allylic oxidation sites excluding steroid dienone is 3. The van der Waals surface area contributed by atoms with Crippen molar-refractivity contribution in [3.05, 3.63) is 59.7 Å². The standard InChI is InChI=1S/C22H28N2O3/c1-5-7-13-18(6-2)19(25)16-24-20(26)22(3,23(4)21(24)27)15-14-17-11-9-8-10-12-17/h6-13H,5,14-16H2,1-4H3/b13-7-,18-6+. The summed E-state index contributed by atoms with van der Waals surface area (Å²) in [5, 5.41) is 0. The van der Waals surface area contributed by atoms with Crippen LogP contribution in [0.15, 0.2) is 54.1 Å². The van der Waals surface area contributed by atoms with Crippen molar-refractivity contribution < 1.29 is 14.4 Å². The Bertz CT molecular complexity index is 767. The van der Waals surface area contributed by atoms with E-state index < -0.39 is 11.6 Å². The lowest BCUT2D eigenvalue weighted by atomic mass is 9.92. The predicted molar refractivity (Wildman–Crippen MR) is 106 cm³/mol. The van der Waals surface area contributed by atoms with Gasteiger partial charge in [0, 0.05) is 12.6 Å². The maximum absolute atomic E-state index is 13.0. The number of aryl methyl sites for hydroxylation is 1. The second kappa shape index (κ2) is 8.80. The molecule has 0 aliphatic carbocycles. The second-order valence-electron chi connectivity index (χ2n) is 6.97. The van der Waals surface area contributed by atoms with Crippen molar-refractivity contribution in [3.63, 3.8) is 0 Å². The largest absolute Gasteiger partial charge is 0.327 e. The van der Waals surface area contributed by atoms with E-state index in [4.69, 9.17) is 0 Å². The van der Waals surface area contributed by atoms with Crippen LogP contribution < -0.4 is 0 Å². The zero-order valence-electron chi connectivity index (χ0n) is 16.6. The van der Waals surface area contributed by atoms with E-state index >= 15 is 0 Å². The molecule has 1 atom stereocenters. The second-order valence-corrected chi connectivity index (χ2v) is 6.97. The van der Waals surface area contributed by atoms with E-state index in [1.807, 2.05) is 43.3 Å². The number of amides is 3. The Morgan fingerprint density at radius 1 is 1.19 bits per heavy atom. The Labute approximate surface area is 161 Å². The van der Waals surface area contributed by atoms with Crippen molar-refractivity contribution in [2.24, 2.45) is 0 Å². The number of urea groups is 1. The Morgan fingerprint density at radius 2 is 1.85 bits per heavy atom. The fourth-order valence-electron chi connectivity index (χ4n) is 3.19. The smallest absolute Gasteiger partial charge is 0.313 e. The van der Waals surface area contributed by atoms with Gasteiger partial charge in [0.25, 0.3) is 5.91 Å². The molecule has 0 radical (unpaired) electrons. The first-order chi connectivity index (χ1) is 12.8. The van der Waals surface area contributed by atoms with E-state index in [-0.39, 0.29) is 18.2 Å². The Hall–Kier alpha value is -2.69. The summed E-state index contributed by atoms with van der Waals surface area (Å²) in [4.78, 5) is 40.7. The van der Waals surface area contributed by atoms with Gasteiger partial charge >= 0.3 is 6.03 Å². The minimum atomic E-state index is -0.942. The maximum Gasteiger partial charge on any atom is 0.327 e. The van der Waals surface area contributed by atoms with Gasteiger partial charge < -0.3 is 4.90 Å². The first kappa shape index (κ1) is 20.6. The predicted octanol–water partition coefficient (Wildman–Crippen LogP) is 3.75. The van der Waals surface area contributed by atoms with Crippen LogP contribution in [0.2, 0.25) is 0 Å². The zero-order chi connectivity index (χ0) is 20.0. The van der Waals surface area contributed by atoms with Crippen molar-refractivity contribution in [2.45, 2.75) is 45.6 Å². The van der Waals surface area contributed by atoms with Crippen molar-refractivity contribution in [1.82, 2.24) is 9.80 Å². The summed E-state index contributed by atoms with van der Waals surface area (Å²) in [6, 6.07) is 9.45. The number of hydrogen-bond acceptors (Lipinski definition) is 3. The number of nitrogens with zero attached hydrogens (tertiary/aromatic N) is 2. The molecule has 144 valence electrons. The number of ketones is 1. The average Bonchev–Trinajstić information content (AvgIpc) is 2.84. The van der Waals surface area contributed by atoms with Gasteiger partial charge in [0.15, 0.2) is 5.78 Å². The van der Waals surface area contributed by atoms with Crippen molar-refractivity contribution in [3.8, 4) is 0 Å². The highest BCUT2D eigenvalue weighted by Gasteiger charge is 2.52. The van der Waals surface area contributed by atoms with E-state index in [1.165, 1.54) is 4.90 Å². The topological polar surface area (TPSA) is 57.7 Å². The number of likely N-dealkylation sites (N-methyl/N-ethyl adjacent to an activating group) is 1. The number of Topliss-reactive ketones (excluding diaryl/α,β-unsaturated/α-hetero) is 1. The van der Waals surface area contributed by atoms with Crippen LogP contribution in [0.3, 0.4) is 0 Å². The van der Waals surface area contributed by atoms with Crippen LogP contribution in [-0.4, -0.2) is 46.7 Å². The third kappa shape index (κ3) is 4.35. The quantitative estimate of drug-likeness (QED) is 0.399. The molecule has 1 fully saturated rings. The zero-order valence-corrected chi connectivity index (χ0v) is 16.6. The van der Waals surface area contributed by atoms with E-state index in [0.29, 0.717) is 18.4 Å². The first-order valence-electron chi connectivity index (χ1n) is 9.34. The molecule has 1 aromatic rings. The summed E-state index contributed by atoms with van der Waals surface area (Å²) in [5.41, 5.74) is 0.684. The molecule has 1 unspecified atom stereocenters. The van der Waals surface area contributed by atoms with Gasteiger partial charge in [0.2, 0.25) is 0 Å². The lowest BCUT2D eigenvalue weighted by Gasteiger charge is -2.28. The number of carbonyl (C=O) groups excluding carboxylic acids is 3. The van der Waals surface area contributed by atoms with Crippen LogP contribution in [0.25, 0.3) is 0 Å². The first-order valence-corrected chi connectivity index (χ1v) is 9.34. The van der Waals surface area contributed by atoms with E-state index in [1.54, 1.807) is 33.0 Å². The Balaban J connectivity index is 2.13. The van der Waals surface area contributed by atoms with Gasteiger partial charge in [-0.15, -0.1) is 0 Å². The normalized spacial score (nSPS) is 20.8. The molecule has 0 saturated carbocycles. The van der Waals surface area contributed by atoms with Crippen LogP contribution in [-0.2, 0) is 16.0 Å². The molecule has 3 amide bonds. The van der Waals surface area contributed by atoms with Gasteiger partial charge in [-0.2, -0.15) is 0 Å². The fraction of sp³-hybridized carbons (Fsp3) is 0.409. The van der Waals surface area contributed by atoms with Crippen molar-refractivity contribution in [1.29, 1.82) is 0 Å². The molecule has 0 bridgehead atoms. The molecular weight excluding hydrogens is 340 g/mol. The molecule has 5 nitrogen and oxygen atoms in total. The van der Waals surface area contributed by atoms with E-state index in [9.17, 15) is 14.4 Å². The van der Waals surface area contributed by atoms with Gasteiger partial charge in [-0.3, -0.25) is 14.5 Å². The minimum absolute atomic E-state index is 0.226. The van der Waals surface area contributed by atoms with E-state index in [0.717, 1.165) is 16.9 Å². The van der Waals surface area contributed by atoms with Gasteiger partial charge in [0.1, 0.15) is 5.54 Å². The van der Waals surface area contributed by atoms with Gasteiger partial charge in [0.05, 0.1) is 6.54 Å². The monoisotopic (exact) mass is 368 g/mol. The third-order valence-electron chi connectivity index (χ3n) is 5.18. The van der Waals surface area contributed by atoms with Crippen LogP contribution >= 0.6 is 0 Å². The molecule has 5 heteroatoms. The summed E-state index contributed by atoms with van der Waals surface area (Å²) in [6.07, 6.45) is 7.34. The number of rotatable bonds is 8. The molecular formula is C22H28N2O3. The van der Waals surface area contributed by atoms with Crippen molar-refractivity contribution in [2.75, 3.05) is 13.6 Å². The molecule has 27 heavy (non-hydrogen) atoms. The fourth-order valence-corrected chi connectivity index (χ4v) is 3.19.